The molecule has 4 aliphatic heterocycles. The SMILES string of the molecule is NC(=O)C1(N2CCCCC2)CCN(S(=O)(=O)c2ccccc2S(=O)(=O)N2CCC(C(N)=O)(N3CCCCC3)CC2)CC1. The van der Waals surface area contributed by atoms with E-state index in [1.807, 2.05) is 0 Å². The zero-order valence-corrected chi connectivity index (χ0v) is 25.9. The van der Waals surface area contributed by atoms with Gasteiger partial charge in [0.15, 0.2) is 0 Å². The highest BCUT2D eigenvalue weighted by Crippen LogP contribution is 2.37. The Kier molecular flexibility index (Phi) is 9.04. The summed E-state index contributed by atoms with van der Waals surface area (Å²) in [6.07, 6.45) is 7.10. The molecule has 1 aromatic carbocycles. The average Bonchev–Trinajstić information content (AvgIpc) is 3.01. The molecule has 42 heavy (non-hydrogen) atoms. The smallest absolute Gasteiger partial charge is 0.244 e. The molecule has 5 rings (SSSR count). The molecule has 4 heterocycles. The summed E-state index contributed by atoms with van der Waals surface area (Å²) >= 11 is 0. The normalized spacial score (nSPS) is 25.1. The minimum absolute atomic E-state index is 0.0663. The van der Waals surface area contributed by atoms with Crippen molar-refractivity contribution in [1.29, 1.82) is 0 Å². The number of carbonyl (C=O) groups is 2. The Bertz CT molecular complexity index is 1270. The molecule has 4 N–H and O–H groups in total. The van der Waals surface area contributed by atoms with E-state index in [9.17, 15) is 26.4 Å². The Balaban J connectivity index is 1.35. The number of primary amides is 2. The van der Waals surface area contributed by atoms with E-state index in [1.165, 1.54) is 32.9 Å². The van der Waals surface area contributed by atoms with E-state index in [4.69, 9.17) is 11.5 Å². The highest BCUT2D eigenvalue weighted by Gasteiger charge is 2.49. The highest BCUT2D eigenvalue weighted by molar-refractivity contribution is 7.92. The third kappa shape index (κ3) is 5.50. The van der Waals surface area contributed by atoms with Crippen molar-refractivity contribution in [2.45, 2.75) is 85.1 Å². The number of hydrogen-bond acceptors (Lipinski definition) is 8. The molecule has 0 saturated carbocycles. The van der Waals surface area contributed by atoms with Crippen LogP contribution >= 0.6 is 0 Å². The van der Waals surface area contributed by atoms with Gasteiger partial charge in [-0.1, -0.05) is 25.0 Å². The minimum Gasteiger partial charge on any atom is -0.368 e. The molecule has 14 heteroatoms. The first-order chi connectivity index (χ1) is 19.9. The van der Waals surface area contributed by atoms with Gasteiger partial charge < -0.3 is 11.5 Å². The van der Waals surface area contributed by atoms with E-state index >= 15 is 0 Å². The number of rotatable bonds is 8. The van der Waals surface area contributed by atoms with Crippen LogP contribution in [0.1, 0.15) is 64.2 Å². The van der Waals surface area contributed by atoms with Crippen LogP contribution in [0.2, 0.25) is 0 Å². The summed E-state index contributed by atoms with van der Waals surface area (Å²) < 4.78 is 58.3. The Labute approximate surface area is 249 Å². The van der Waals surface area contributed by atoms with Gasteiger partial charge in [0.2, 0.25) is 31.9 Å². The lowest BCUT2D eigenvalue weighted by Crippen LogP contribution is -2.64. The zero-order valence-electron chi connectivity index (χ0n) is 24.2. The molecular formula is C28H44N6O6S2. The Hall–Kier alpha value is -2.10. The van der Waals surface area contributed by atoms with E-state index in [1.54, 1.807) is 0 Å². The maximum Gasteiger partial charge on any atom is 0.244 e. The second kappa shape index (κ2) is 12.1. The van der Waals surface area contributed by atoms with Gasteiger partial charge in [-0.2, -0.15) is 8.61 Å². The van der Waals surface area contributed by atoms with Crippen molar-refractivity contribution in [1.82, 2.24) is 18.4 Å². The molecular weight excluding hydrogens is 580 g/mol. The van der Waals surface area contributed by atoms with Crippen molar-refractivity contribution in [3.63, 3.8) is 0 Å². The molecule has 12 nitrogen and oxygen atoms in total. The number of amides is 2. The summed E-state index contributed by atoms with van der Waals surface area (Å²) in [4.78, 5) is 28.9. The van der Waals surface area contributed by atoms with Gasteiger partial charge in [0, 0.05) is 26.2 Å². The van der Waals surface area contributed by atoms with E-state index < -0.39 is 42.9 Å². The third-order valence-electron chi connectivity index (χ3n) is 10.0. The molecule has 1 aromatic rings. The number of piperidine rings is 4. The summed E-state index contributed by atoms with van der Waals surface area (Å²) in [5.41, 5.74) is 9.97. The quantitative estimate of drug-likeness (QED) is 0.426. The topological polar surface area (TPSA) is 167 Å². The second-order valence-electron chi connectivity index (χ2n) is 12.1. The molecule has 0 spiro atoms. The van der Waals surface area contributed by atoms with Crippen molar-refractivity contribution in [2.75, 3.05) is 52.4 Å². The van der Waals surface area contributed by atoms with Gasteiger partial charge >= 0.3 is 0 Å². The monoisotopic (exact) mass is 624 g/mol. The number of sulfonamides is 2. The molecule has 0 radical (unpaired) electrons. The molecule has 4 saturated heterocycles. The molecule has 0 aliphatic carbocycles. The van der Waals surface area contributed by atoms with Crippen molar-refractivity contribution < 1.29 is 26.4 Å². The van der Waals surface area contributed by atoms with Crippen LogP contribution in [0.25, 0.3) is 0 Å². The largest absolute Gasteiger partial charge is 0.368 e. The molecule has 0 aromatic heterocycles. The molecule has 0 unspecified atom stereocenters. The van der Waals surface area contributed by atoms with Gasteiger partial charge in [0.25, 0.3) is 0 Å². The Morgan fingerprint density at radius 3 is 1.14 bits per heavy atom. The van der Waals surface area contributed by atoms with Crippen LogP contribution in [0.15, 0.2) is 34.1 Å². The first-order valence-electron chi connectivity index (χ1n) is 15.1. The van der Waals surface area contributed by atoms with Crippen LogP contribution < -0.4 is 11.5 Å². The van der Waals surface area contributed by atoms with Crippen molar-refractivity contribution in [3.8, 4) is 0 Å². The summed E-state index contributed by atoms with van der Waals surface area (Å²) in [5.74, 6) is -0.878. The van der Waals surface area contributed by atoms with Gasteiger partial charge in [0.05, 0.1) is 0 Å². The van der Waals surface area contributed by atoms with Gasteiger partial charge in [0.1, 0.15) is 20.9 Å². The standard InChI is InChI=1S/C28H44N6O6S2/c29-25(35)27(31-15-5-1-6-16-31)11-19-33(20-12-27)41(37,38)23-9-3-4-10-24(23)42(39,40)34-21-13-28(14-22-34,26(30)36)32-17-7-2-8-18-32/h3-4,9-10H,1-2,5-8,11-22H2,(H2,29,35)(H2,30,36). The fourth-order valence-corrected chi connectivity index (χ4v) is 11.1. The van der Waals surface area contributed by atoms with Crippen molar-refractivity contribution in [2.24, 2.45) is 11.5 Å². The predicted octanol–water partition coefficient (Wildman–Crippen LogP) is 0.676. The molecule has 234 valence electrons. The molecule has 4 aliphatic rings. The number of nitrogens with zero attached hydrogens (tertiary/aromatic N) is 4. The number of nitrogens with two attached hydrogens (primary N) is 2. The lowest BCUT2D eigenvalue weighted by molar-refractivity contribution is -0.134. The molecule has 2 amide bonds. The highest BCUT2D eigenvalue weighted by atomic mass is 32.2. The predicted molar refractivity (Wildman–Crippen MR) is 157 cm³/mol. The second-order valence-corrected chi connectivity index (χ2v) is 16.0. The van der Waals surface area contributed by atoms with E-state index in [2.05, 4.69) is 9.80 Å². The summed E-state index contributed by atoms with van der Waals surface area (Å²) in [5, 5.41) is 0. The number of benzene rings is 1. The summed E-state index contributed by atoms with van der Waals surface area (Å²) in [6.45, 7) is 3.27. The maximum atomic E-state index is 13.9. The fraction of sp³-hybridized carbons (Fsp3) is 0.714. The van der Waals surface area contributed by atoms with Crippen LogP contribution in [-0.4, -0.2) is 110 Å². The van der Waals surface area contributed by atoms with Gasteiger partial charge in [-0.15, -0.1) is 0 Å². The van der Waals surface area contributed by atoms with Crippen LogP contribution in [0.4, 0.5) is 0 Å². The van der Waals surface area contributed by atoms with E-state index in [0.717, 1.165) is 64.7 Å². The Morgan fingerprint density at radius 2 is 0.857 bits per heavy atom. The Morgan fingerprint density at radius 1 is 0.548 bits per heavy atom. The number of hydrogen-bond donors (Lipinski definition) is 2. The molecule has 4 fully saturated rings. The van der Waals surface area contributed by atoms with E-state index in [0.29, 0.717) is 0 Å². The minimum atomic E-state index is -4.20. The van der Waals surface area contributed by atoms with Gasteiger partial charge in [-0.05, 0) is 89.7 Å². The van der Waals surface area contributed by atoms with E-state index in [-0.39, 0.29) is 61.7 Å². The lowest BCUT2D eigenvalue weighted by atomic mass is 9.84. The first kappa shape index (κ1) is 31.3. The van der Waals surface area contributed by atoms with Crippen LogP contribution in [0.5, 0.6) is 0 Å². The lowest BCUT2D eigenvalue weighted by Gasteiger charge is -2.48. The van der Waals surface area contributed by atoms with Gasteiger partial charge in [-0.25, -0.2) is 16.8 Å². The van der Waals surface area contributed by atoms with Crippen molar-refractivity contribution >= 4 is 31.9 Å². The average molecular weight is 625 g/mol. The maximum absolute atomic E-state index is 13.9. The van der Waals surface area contributed by atoms with Gasteiger partial charge in [-0.3, -0.25) is 19.4 Å². The fourth-order valence-electron chi connectivity index (χ4n) is 7.43. The van der Waals surface area contributed by atoms with Crippen LogP contribution in [-0.2, 0) is 29.6 Å². The van der Waals surface area contributed by atoms with Crippen LogP contribution in [0, 0.1) is 0 Å². The zero-order chi connectivity index (χ0) is 30.2. The van der Waals surface area contributed by atoms with Crippen LogP contribution in [0.3, 0.4) is 0 Å². The summed E-state index contributed by atoms with van der Waals surface area (Å²) in [6, 6.07) is 5.69. The first-order valence-corrected chi connectivity index (χ1v) is 18.0. The number of likely N-dealkylation sites (tertiary alicyclic amines) is 2. The summed E-state index contributed by atoms with van der Waals surface area (Å²) in [7, 11) is -8.40. The number of carbonyl (C=O) groups excluding carboxylic acids is 2. The molecule has 0 bridgehead atoms. The third-order valence-corrected chi connectivity index (χ3v) is 14.1. The molecule has 0 atom stereocenters. The van der Waals surface area contributed by atoms with Crippen molar-refractivity contribution in [3.05, 3.63) is 24.3 Å².